The molecule has 0 radical (unpaired) electrons. The number of nitrogens with one attached hydrogen (secondary N) is 1. The summed E-state index contributed by atoms with van der Waals surface area (Å²) >= 11 is 0. The van der Waals surface area contributed by atoms with Gasteiger partial charge in [-0.25, -0.2) is 8.78 Å². The molecule has 0 aliphatic heterocycles. The highest BCUT2D eigenvalue weighted by Crippen LogP contribution is 2.15. The molecule has 0 fully saturated rings. The Hall–Kier alpha value is -2.44. The van der Waals surface area contributed by atoms with Gasteiger partial charge in [-0.3, -0.25) is 9.48 Å². The van der Waals surface area contributed by atoms with Crippen molar-refractivity contribution >= 4 is 17.3 Å². The van der Waals surface area contributed by atoms with E-state index in [0.717, 1.165) is 18.2 Å². The molecule has 0 spiro atoms. The van der Waals surface area contributed by atoms with Crippen molar-refractivity contribution in [2.45, 2.75) is 6.54 Å². The first-order valence-electron chi connectivity index (χ1n) is 5.07. The molecule has 0 saturated carbocycles. The summed E-state index contributed by atoms with van der Waals surface area (Å²) in [5, 5.41) is 6.05. The number of halogens is 2. The van der Waals surface area contributed by atoms with E-state index >= 15 is 0 Å². The normalized spacial score (nSPS) is 10.3. The van der Waals surface area contributed by atoms with E-state index in [4.69, 9.17) is 5.73 Å². The first-order valence-corrected chi connectivity index (χ1v) is 5.07. The van der Waals surface area contributed by atoms with Gasteiger partial charge in [0.1, 0.15) is 18.2 Å². The number of rotatable bonds is 3. The molecule has 0 unspecified atom stereocenters. The van der Waals surface area contributed by atoms with Crippen LogP contribution in [0.15, 0.2) is 30.6 Å². The molecule has 0 atom stereocenters. The van der Waals surface area contributed by atoms with Crippen molar-refractivity contribution in [3.8, 4) is 0 Å². The van der Waals surface area contributed by atoms with Crippen LogP contribution in [-0.4, -0.2) is 15.7 Å². The van der Waals surface area contributed by atoms with Crippen LogP contribution >= 0.6 is 0 Å². The molecule has 2 rings (SSSR count). The maximum atomic E-state index is 13.2. The number of carbonyl (C=O) groups excluding carboxylic acids is 1. The van der Waals surface area contributed by atoms with E-state index in [1.807, 2.05) is 0 Å². The van der Waals surface area contributed by atoms with Gasteiger partial charge in [0, 0.05) is 12.3 Å². The molecule has 1 heterocycles. The van der Waals surface area contributed by atoms with Crippen LogP contribution in [0.25, 0.3) is 0 Å². The van der Waals surface area contributed by atoms with Crippen molar-refractivity contribution < 1.29 is 13.6 Å². The molecule has 0 aliphatic rings. The number of amides is 1. The summed E-state index contributed by atoms with van der Waals surface area (Å²) in [5.74, 6) is -1.86. The van der Waals surface area contributed by atoms with Gasteiger partial charge in [0.05, 0.1) is 17.6 Å². The second kappa shape index (κ2) is 4.82. The van der Waals surface area contributed by atoms with Crippen LogP contribution in [0.3, 0.4) is 0 Å². The lowest BCUT2D eigenvalue weighted by Gasteiger charge is -2.06. The fraction of sp³-hybridized carbons (Fsp3) is 0.0909. The summed E-state index contributed by atoms with van der Waals surface area (Å²) in [6.07, 6.45) is 2.84. The van der Waals surface area contributed by atoms with Crippen molar-refractivity contribution in [1.29, 1.82) is 0 Å². The highest BCUT2D eigenvalue weighted by Gasteiger charge is 2.09. The van der Waals surface area contributed by atoms with E-state index in [1.165, 1.54) is 17.1 Å². The molecular formula is C11H10F2N4O. The summed E-state index contributed by atoms with van der Waals surface area (Å²) < 4.78 is 27.4. The second-order valence-electron chi connectivity index (χ2n) is 3.64. The Morgan fingerprint density at radius 3 is 2.89 bits per heavy atom. The van der Waals surface area contributed by atoms with Crippen LogP contribution in [0.2, 0.25) is 0 Å². The number of aromatic nitrogens is 2. The van der Waals surface area contributed by atoms with Crippen LogP contribution < -0.4 is 11.1 Å². The third-order valence-corrected chi connectivity index (χ3v) is 2.16. The van der Waals surface area contributed by atoms with Gasteiger partial charge in [0.15, 0.2) is 0 Å². The SMILES string of the molecule is Nc1cnn(CC(=O)Nc2cc(F)ccc2F)c1. The Morgan fingerprint density at radius 2 is 2.22 bits per heavy atom. The van der Waals surface area contributed by atoms with Gasteiger partial charge in [0.25, 0.3) is 0 Å². The van der Waals surface area contributed by atoms with Crippen molar-refractivity contribution in [2.24, 2.45) is 0 Å². The minimum absolute atomic E-state index is 0.132. The van der Waals surface area contributed by atoms with Crippen molar-refractivity contribution in [3.63, 3.8) is 0 Å². The van der Waals surface area contributed by atoms with Crippen molar-refractivity contribution in [3.05, 3.63) is 42.2 Å². The van der Waals surface area contributed by atoms with Gasteiger partial charge in [0.2, 0.25) is 5.91 Å². The fourth-order valence-electron chi connectivity index (χ4n) is 1.40. The summed E-state index contributed by atoms with van der Waals surface area (Å²) in [6, 6.07) is 2.82. The minimum atomic E-state index is -0.704. The van der Waals surface area contributed by atoms with E-state index in [9.17, 15) is 13.6 Å². The molecule has 2 aromatic rings. The average Bonchev–Trinajstić information content (AvgIpc) is 2.69. The van der Waals surface area contributed by atoms with Crippen LogP contribution in [-0.2, 0) is 11.3 Å². The molecule has 18 heavy (non-hydrogen) atoms. The zero-order chi connectivity index (χ0) is 13.1. The smallest absolute Gasteiger partial charge is 0.246 e. The number of carbonyl (C=O) groups is 1. The van der Waals surface area contributed by atoms with Crippen LogP contribution in [0.5, 0.6) is 0 Å². The van der Waals surface area contributed by atoms with E-state index in [1.54, 1.807) is 0 Å². The number of nitrogens with zero attached hydrogens (tertiary/aromatic N) is 2. The van der Waals surface area contributed by atoms with E-state index in [0.29, 0.717) is 5.69 Å². The van der Waals surface area contributed by atoms with Gasteiger partial charge in [-0.15, -0.1) is 0 Å². The zero-order valence-electron chi connectivity index (χ0n) is 9.23. The predicted octanol–water partition coefficient (Wildman–Crippen LogP) is 1.38. The molecule has 1 amide bonds. The number of benzene rings is 1. The topological polar surface area (TPSA) is 72.9 Å². The molecule has 0 aliphatic carbocycles. The van der Waals surface area contributed by atoms with Gasteiger partial charge in [-0.05, 0) is 12.1 Å². The minimum Gasteiger partial charge on any atom is -0.396 e. The zero-order valence-corrected chi connectivity index (χ0v) is 9.23. The highest BCUT2D eigenvalue weighted by atomic mass is 19.1. The predicted molar refractivity (Wildman–Crippen MR) is 61.6 cm³/mol. The van der Waals surface area contributed by atoms with Gasteiger partial charge < -0.3 is 11.1 Å². The Morgan fingerprint density at radius 1 is 1.44 bits per heavy atom. The first-order chi connectivity index (χ1) is 8.54. The number of anilines is 2. The lowest BCUT2D eigenvalue weighted by Crippen LogP contribution is -2.19. The number of nitrogen functional groups attached to an aromatic ring is 1. The summed E-state index contributed by atoms with van der Waals surface area (Å²) in [5.41, 5.74) is 5.63. The van der Waals surface area contributed by atoms with E-state index in [2.05, 4.69) is 10.4 Å². The lowest BCUT2D eigenvalue weighted by atomic mass is 10.3. The van der Waals surface area contributed by atoms with Gasteiger partial charge in [-0.2, -0.15) is 5.10 Å². The Balaban J connectivity index is 2.05. The first kappa shape index (κ1) is 12.0. The van der Waals surface area contributed by atoms with Gasteiger partial charge >= 0.3 is 0 Å². The standard InChI is InChI=1S/C11H10F2N4O/c12-7-1-2-9(13)10(3-7)16-11(18)6-17-5-8(14)4-15-17/h1-5H,6,14H2,(H,16,18). The fourth-order valence-corrected chi connectivity index (χ4v) is 1.40. The molecule has 1 aromatic heterocycles. The summed E-state index contributed by atoms with van der Waals surface area (Å²) in [6.45, 7) is -0.132. The van der Waals surface area contributed by atoms with E-state index in [-0.39, 0.29) is 12.2 Å². The van der Waals surface area contributed by atoms with Crippen LogP contribution in [0, 0.1) is 11.6 Å². The molecule has 7 heteroatoms. The summed E-state index contributed by atoms with van der Waals surface area (Å²) in [7, 11) is 0. The average molecular weight is 252 g/mol. The maximum Gasteiger partial charge on any atom is 0.246 e. The molecule has 0 saturated heterocycles. The molecule has 94 valence electrons. The lowest BCUT2D eigenvalue weighted by molar-refractivity contribution is -0.116. The third-order valence-electron chi connectivity index (χ3n) is 2.16. The number of hydrogen-bond acceptors (Lipinski definition) is 3. The molecule has 5 nitrogen and oxygen atoms in total. The van der Waals surface area contributed by atoms with Crippen LogP contribution in [0.1, 0.15) is 0 Å². The third kappa shape index (κ3) is 2.82. The van der Waals surface area contributed by atoms with Crippen molar-refractivity contribution in [1.82, 2.24) is 9.78 Å². The maximum absolute atomic E-state index is 13.2. The molecule has 3 N–H and O–H groups in total. The van der Waals surface area contributed by atoms with Gasteiger partial charge in [-0.1, -0.05) is 0 Å². The quantitative estimate of drug-likeness (QED) is 0.866. The Bertz CT molecular complexity index is 582. The largest absolute Gasteiger partial charge is 0.396 e. The molecule has 0 bridgehead atoms. The number of nitrogens with two attached hydrogens (primary N) is 1. The van der Waals surface area contributed by atoms with E-state index < -0.39 is 17.5 Å². The second-order valence-corrected chi connectivity index (χ2v) is 3.64. The Labute approximate surface area is 101 Å². The monoisotopic (exact) mass is 252 g/mol. The Kier molecular flexibility index (Phi) is 3.22. The molecular weight excluding hydrogens is 242 g/mol. The van der Waals surface area contributed by atoms with Crippen LogP contribution in [0.4, 0.5) is 20.2 Å². The summed E-state index contributed by atoms with van der Waals surface area (Å²) in [4.78, 5) is 11.6. The molecule has 1 aromatic carbocycles. The highest BCUT2D eigenvalue weighted by molar-refractivity contribution is 5.90. The number of hydrogen-bond donors (Lipinski definition) is 2. The van der Waals surface area contributed by atoms with Crippen molar-refractivity contribution in [2.75, 3.05) is 11.1 Å².